The van der Waals surface area contributed by atoms with Gasteiger partial charge in [0.15, 0.2) is 0 Å². The molecule has 0 unspecified atom stereocenters. The summed E-state index contributed by atoms with van der Waals surface area (Å²) >= 11 is 0. The lowest BCUT2D eigenvalue weighted by Gasteiger charge is -2.19. The van der Waals surface area contributed by atoms with Gasteiger partial charge in [-0.1, -0.05) is 12.8 Å². The van der Waals surface area contributed by atoms with Crippen molar-refractivity contribution >= 4 is 0 Å². The molecule has 2 rings (SSSR count). The van der Waals surface area contributed by atoms with Gasteiger partial charge in [-0.15, -0.1) is 0 Å². The molecule has 1 aromatic rings. The van der Waals surface area contributed by atoms with E-state index in [0.717, 1.165) is 19.6 Å². The smallest absolute Gasteiger partial charge is 0.120 e. The van der Waals surface area contributed by atoms with E-state index in [4.69, 9.17) is 15.3 Å². The van der Waals surface area contributed by atoms with Crippen LogP contribution in [0.25, 0.3) is 0 Å². The molecule has 0 aromatic heterocycles. The first kappa shape index (κ1) is 14.4. The third kappa shape index (κ3) is 3.98. The molecule has 0 spiro atoms. The largest absolute Gasteiger partial charge is 0.492 e. The highest BCUT2D eigenvalue weighted by Gasteiger charge is 2.09. The number of likely N-dealkylation sites (tertiary alicyclic amines) is 1. The number of benzene rings is 1. The Balaban J connectivity index is 1.85. The SMILES string of the molecule is N#Cc1ccc(OCCN2CCCCCC2)cc1C#N. The summed E-state index contributed by atoms with van der Waals surface area (Å²) in [6.07, 6.45) is 5.21. The van der Waals surface area contributed by atoms with Gasteiger partial charge in [-0.25, -0.2) is 0 Å². The van der Waals surface area contributed by atoms with E-state index in [9.17, 15) is 0 Å². The van der Waals surface area contributed by atoms with Crippen molar-refractivity contribution in [2.24, 2.45) is 0 Å². The van der Waals surface area contributed by atoms with Gasteiger partial charge >= 0.3 is 0 Å². The van der Waals surface area contributed by atoms with Gasteiger partial charge in [-0.3, -0.25) is 4.90 Å². The monoisotopic (exact) mass is 269 g/mol. The third-order valence-electron chi connectivity index (χ3n) is 3.61. The number of hydrogen-bond donors (Lipinski definition) is 0. The van der Waals surface area contributed by atoms with Crippen LogP contribution in [0.15, 0.2) is 18.2 Å². The number of nitrogens with zero attached hydrogens (tertiary/aromatic N) is 3. The van der Waals surface area contributed by atoms with E-state index in [0.29, 0.717) is 23.5 Å². The van der Waals surface area contributed by atoms with E-state index in [1.807, 2.05) is 12.1 Å². The maximum atomic E-state index is 8.97. The summed E-state index contributed by atoms with van der Waals surface area (Å²) in [5.74, 6) is 0.662. The molecule has 1 aliphatic heterocycles. The number of ether oxygens (including phenoxy) is 1. The minimum atomic E-state index is 0.375. The summed E-state index contributed by atoms with van der Waals surface area (Å²) in [7, 11) is 0. The highest BCUT2D eigenvalue weighted by Crippen LogP contribution is 2.17. The molecule has 1 aliphatic rings. The van der Waals surface area contributed by atoms with Crippen LogP contribution in [0.3, 0.4) is 0 Å². The first-order valence-corrected chi connectivity index (χ1v) is 7.13. The van der Waals surface area contributed by atoms with Crippen LogP contribution in [0.5, 0.6) is 5.75 Å². The van der Waals surface area contributed by atoms with Crippen molar-refractivity contribution in [3.63, 3.8) is 0 Å². The number of rotatable bonds is 4. The van der Waals surface area contributed by atoms with Crippen LogP contribution in [-0.2, 0) is 0 Å². The first-order valence-electron chi connectivity index (χ1n) is 7.13. The van der Waals surface area contributed by atoms with Crippen LogP contribution >= 0.6 is 0 Å². The summed E-state index contributed by atoms with van der Waals surface area (Å²) in [5, 5.41) is 17.8. The molecule has 104 valence electrons. The lowest BCUT2D eigenvalue weighted by atomic mass is 10.1. The fourth-order valence-corrected chi connectivity index (χ4v) is 2.46. The number of nitriles is 2. The summed E-state index contributed by atoms with van der Waals surface area (Å²) < 4.78 is 5.69. The Morgan fingerprint density at radius 2 is 1.70 bits per heavy atom. The Morgan fingerprint density at radius 3 is 2.35 bits per heavy atom. The van der Waals surface area contributed by atoms with E-state index in [1.165, 1.54) is 25.7 Å². The van der Waals surface area contributed by atoms with Gasteiger partial charge in [-0.2, -0.15) is 10.5 Å². The maximum Gasteiger partial charge on any atom is 0.120 e. The zero-order valence-corrected chi connectivity index (χ0v) is 11.6. The molecule has 1 saturated heterocycles. The van der Waals surface area contributed by atoms with E-state index in [2.05, 4.69) is 4.90 Å². The molecule has 0 N–H and O–H groups in total. The Kier molecular flexibility index (Phi) is 5.41. The van der Waals surface area contributed by atoms with Gasteiger partial charge in [0.1, 0.15) is 24.5 Å². The van der Waals surface area contributed by atoms with Gasteiger partial charge in [0.25, 0.3) is 0 Å². The molecular weight excluding hydrogens is 250 g/mol. The van der Waals surface area contributed by atoms with Crippen molar-refractivity contribution < 1.29 is 4.74 Å². The Labute approximate surface area is 120 Å². The van der Waals surface area contributed by atoms with E-state index in [-0.39, 0.29) is 0 Å². The first-order chi connectivity index (χ1) is 9.83. The van der Waals surface area contributed by atoms with Crippen molar-refractivity contribution in [3.05, 3.63) is 29.3 Å². The van der Waals surface area contributed by atoms with Crippen molar-refractivity contribution in [2.75, 3.05) is 26.2 Å². The second-order valence-electron chi connectivity index (χ2n) is 5.04. The fraction of sp³-hybridized carbons (Fsp3) is 0.500. The molecule has 0 saturated carbocycles. The molecular formula is C16H19N3O. The average Bonchev–Trinajstić information content (AvgIpc) is 2.76. The van der Waals surface area contributed by atoms with Gasteiger partial charge < -0.3 is 4.74 Å². The van der Waals surface area contributed by atoms with Crippen molar-refractivity contribution in [2.45, 2.75) is 25.7 Å². The summed E-state index contributed by atoms with van der Waals surface area (Å²) in [6, 6.07) is 9.05. The molecule has 20 heavy (non-hydrogen) atoms. The zero-order valence-electron chi connectivity index (χ0n) is 11.6. The Bertz CT molecular complexity index is 520. The second-order valence-corrected chi connectivity index (χ2v) is 5.04. The van der Waals surface area contributed by atoms with E-state index >= 15 is 0 Å². The normalized spacial score (nSPS) is 15.9. The lowest BCUT2D eigenvalue weighted by Crippen LogP contribution is -2.29. The van der Waals surface area contributed by atoms with E-state index < -0.39 is 0 Å². The highest BCUT2D eigenvalue weighted by molar-refractivity contribution is 5.49. The fourth-order valence-electron chi connectivity index (χ4n) is 2.46. The minimum absolute atomic E-state index is 0.375. The Hall–Kier alpha value is -2.04. The summed E-state index contributed by atoms with van der Waals surface area (Å²) in [5.41, 5.74) is 0.771. The summed E-state index contributed by atoms with van der Waals surface area (Å²) in [4.78, 5) is 2.43. The standard InChI is InChI=1S/C16H19N3O/c17-12-14-5-6-16(11-15(14)13-18)20-10-9-19-7-3-1-2-4-8-19/h5-6,11H,1-4,7-10H2. The molecule has 4 nitrogen and oxygen atoms in total. The molecule has 0 bridgehead atoms. The molecule has 1 aromatic carbocycles. The number of hydrogen-bond acceptors (Lipinski definition) is 4. The van der Waals surface area contributed by atoms with Gasteiger partial charge in [0, 0.05) is 6.54 Å². The molecule has 0 radical (unpaired) electrons. The molecule has 0 atom stereocenters. The maximum absolute atomic E-state index is 8.97. The molecule has 1 heterocycles. The minimum Gasteiger partial charge on any atom is -0.492 e. The van der Waals surface area contributed by atoms with Crippen LogP contribution < -0.4 is 4.74 Å². The predicted molar refractivity (Wildman–Crippen MR) is 76.3 cm³/mol. The molecule has 0 aliphatic carbocycles. The Morgan fingerprint density at radius 1 is 1.00 bits per heavy atom. The van der Waals surface area contributed by atoms with Crippen LogP contribution in [0.1, 0.15) is 36.8 Å². The van der Waals surface area contributed by atoms with E-state index in [1.54, 1.807) is 18.2 Å². The quantitative estimate of drug-likeness (QED) is 0.843. The molecule has 4 heteroatoms. The van der Waals surface area contributed by atoms with Crippen LogP contribution in [0, 0.1) is 22.7 Å². The van der Waals surface area contributed by atoms with Crippen LogP contribution in [-0.4, -0.2) is 31.1 Å². The van der Waals surface area contributed by atoms with Crippen molar-refractivity contribution in [1.29, 1.82) is 10.5 Å². The topological polar surface area (TPSA) is 60.0 Å². The van der Waals surface area contributed by atoms with Crippen LogP contribution in [0.4, 0.5) is 0 Å². The second kappa shape index (κ2) is 7.53. The van der Waals surface area contributed by atoms with Crippen molar-refractivity contribution in [1.82, 2.24) is 4.90 Å². The van der Waals surface area contributed by atoms with Crippen LogP contribution in [0.2, 0.25) is 0 Å². The van der Waals surface area contributed by atoms with Gasteiger partial charge in [-0.05, 0) is 44.1 Å². The lowest BCUT2D eigenvalue weighted by molar-refractivity contribution is 0.214. The van der Waals surface area contributed by atoms with Gasteiger partial charge in [0.2, 0.25) is 0 Å². The molecule has 0 amide bonds. The third-order valence-corrected chi connectivity index (χ3v) is 3.61. The molecule has 1 fully saturated rings. The summed E-state index contributed by atoms with van der Waals surface area (Å²) in [6.45, 7) is 3.85. The van der Waals surface area contributed by atoms with Gasteiger partial charge in [0.05, 0.1) is 11.1 Å². The average molecular weight is 269 g/mol. The zero-order chi connectivity index (χ0) is 14.2. The highest BCUT2D eigenvalue weighted by atomic mass is 16.5. The van der Waals surface area contributed by atoms with Crippen molar-refractivity contribution in [3.8, 4) is 17.9 Å². The predicted octanol–water partition coefficient (Wildman–Crippen LogP) is 2.68.